The van der Waals surface area contributed by atoms with E-state index in [1.165, 1.54) is 7.11 Å². The van der Waals surface area contributed by atoms with E-state index in [-0.39, 0.29) is 5.63 Å². The average molecular weight is 357 g/mol. The molecule has 5 aromatic rings. The van der Waals surface area contributed by atoms with E-state index < -0.39 is 5.97 Å². The molecule has 0 fully saturated rings. The third-order valence-electron chi connectivity index (χ3n) is 5.16. The minimum absolute atomic E-state index is 0.384. The van der Waals surface area contributed by atoms with E-state index >= 15 is 0 Å². The van der Waals surface area contributed by atoms with Gasteiger partial charge in [0.15, 0.2) is 0 Å². The highest BCUT2D eigenvalue weighted by Gasteiger charge is 2.21. The third kappa shape index (κ3) is 1.99. The predicted octanol–water partition coefficient (Wildman–Crippen LogP) is 4.38. The van der Waals surface area contributed by atoms with Crippen molar-refractivity contribution in [2.75, 3.05) is 7.11 Å². The Hall–Kier alpha value is -3.60. The first-order valence-electron chi connectivity index (χ1n) is 8.56. The fourth-order valence-electron chi connectivity index (χ4n) is 3.97. The molecule has 27 heavy (non-hydrogen) atoms. The summed E-state index contributed by atoms with van der Waals surface area (Å²) < 4.78 is 12.7. The van der Waals surface area contributed by atoms with Crippen LogP contribution in [0.25, 0.3) is 43.5 Å². The maximum absolute atomic E-state index is 12.9. The SMILES string of the molecule is COC(=O)c1cc2c(oc(=O)c3c4ccccc4n(C)c23)c2ccccc12. The van der Waals surface area contributed by atoms with Crippen LogP contribution in [-0.4, -0.2) is 17.6 Å². The number of ether oxygens (including phenoxy) is 1. The molecule has 132 valence electrons. The van der Waals surface area contributed by atoms with E-state index in [0.29, 0.717) is 32.7 Å². The van der Waals surface area contributed by atoms with Gasteiger partial charge in [0.2, 0.25) is 0 Å². The number of nitrogens with zero attached hydrogens (tertiary/aromatic N) is 1. The fourth-order valence-corrected chi connectivity index (χ4v) is 3.97. The molecule has 0 saturated heterocycles. The summed E-state index contributed by atoms with van der Waals surface area (Å²) in [4.78, 5) is 25.3. The van der Waals surface area contributed by atoms with Crippen LogP contribution in [-0.2, 0) is 11.8 Å². The number of carbonyl (C=O) groups excluding carboxylic acids is 1. The summed E-state index contributed by atoms with van der Waals surface area (Å²) in [5, 5.41) is 3.46. The molecule has 0 saturated carbocycles. The second-order valence-electron chi connectivity index (χ2n) is 6.53. The summed E-state index contributed by atoms with van der Waals surface area (Å²) in [5.74, 6) is -0.425. The number of rotatable bonds is 1. The zero-order chi connectivity index (χ0) is 18.7. The number of aromatic nitrogens is 1. The van der Waals surface area contributed by atoms with Gasteiger partial charge in [0, 0.05) is 28.7 Å². The molecular weight excluding hydrogens is 342 g/mol. The topological polar surface area (TPSA) is 61.4 Å². The van der Waals surface area contributed by atoms with Gasteiger partial charge in [-0.25, -0.2) is 9.59 Å². The molecule has 5 rings (SSSR count). The Labute approximate surface area is 153 Å². The van der Waals surface area contributed by atoms with Crippen LogP contribution in [0.1, 0.15) is 10.4 Å². The molecule has 5 heteroatoms. The van der Waals surface area contributed by atoms with Crippen LogP contribution < -0.4 is 5.63 Å². The number of benzene rings is 3. The zero-order valence-electron chi connectivity index (χ0n) is 14.8. The molecule has 0 atom stereocenters. The lowest BCUT2D eigenvalue weighted by Gasteiger charge is -2.09. The highest BCUT2D eigenvalue weighted by atomic mass is 16.5. The van der Waals surface area contributed by atoms with E-state index in [1.54, 1.807) is 6.07 Å². The number of aryl methyl sites for hydroxylation is 1. The molecule has 0 aliphatic heterocycles. The summed E-state index contributed by atoms with van der Waals surface area (Å²) in [5.41, 5.74) is 2.21. The molecule has 0 unspecified atom stereocenters. The van der Waals surface area contributed by atoms with Crippen molar-refractivity contribution in [1.29, 1.82) is 0 Å². The van der Waals surface area contributed by atoms with E-state index in [2.05, 4.69) is 0 Å². The number of esters is 1. The molecule has 5 nitrogen and oxygen atoms in total. The Morgan fingerprint density at radius 3 is 2.37 bits per heavy atom. The first-order valence-corrected chi connectivity index (χ1v) is 8.56. The van der Waals surface area contributed by atoms with Gasteiger partial charge < -0.3 is 13.7 Å². The van der Waals surface area contributed by atoms with Crippen LogP contribution in [0.5, 0.6) is 0 Å². The summed E-state index contributed by atoms with van der Waals surface area (Å²) >= 11 is 0. The van der Waals surface area contributed by atoms with Gasteiger partial charge >= 0.3 is 11.6 Å². The predicted molar refractivity (Wildman–Crippen MR) is 105 cm³/mol. The lowest BCUT2D eigenvalue weighted by atomic mass is 10.00. The zero-order valence-corrected chi connectivity index (χ0v) is 14.8. The third-order valence-corrected chi connectivity index (χ3v) is 5.16. The number of methoxy groups -OCH3 is 1. The quantitative estimate of drug-likeness (QED) is 0.254. The standard InChI is InChI=1S/C22H15NO4/c1-23-17-10-6-5-9-14(17)18-19(23)16-11-15(21(24)26-2)12-7-3-4-8-13(12)20(16)27-22(18)25/h3-11H,1-2H3. The van der Waals surface area contributed by atoms with Gasteiger partial charge in [-0.3, -0.25) is 0 Å². The van der Waals surface area contributed by atoms with Gasteiger partial charge in [0.05, 0.1) is 23.6 Å². The molecule has 2 heterocycles. The minimum Gasteiger partial charge on any atom is -0.465 e. The number of fused-ring (bicyclic) bond motifs is 7. The monoisotopic (exact) mass is 357 g/mol. The van der Waals surface area contributed by atoms with Crippen LogP contribution in [0.15, 0.2) is 63.8 Å². The van der Waals surface area contributed by atoms with Crippen molar-refractivity contribution < 1.29 is 13.9 Å². The van der Waals surface area contributed by atoms with Crippen LogP contribution >= 0.6 is 0 Å². The van der Waals surface area contributed by atoms with E-state index in [0.717, 1.165) is 16.4 Å². The van der Waals surface area contributed by atoms with Crippen LogP contribution in [0.4, 0.5) is 0 Å². The van der Waals surface area contributed by atoms with Crippen molar-refractivity contribution in [1.82, 2.24) is 4.57 Å². The van der Waals surface area contributed by atoms with Gasteiger partial charge in [0.25, 0.3) is 0 Å². The molecular formula is C22H15NO4. The van der Waals surface area contributed by atoms with Crippen LogP contribution in [0.2, 0.25) is 0 Å². The van der Waals surface area contributed by atoms with Crippen molar-refractivity contribution >= 4 is 49.5 Å². The van der Waals surface area contributed by atoms with Gasteiger partial charge in [-0.1, -0.05) is 42.5 Å². The van der Waals surface area contributed by atoms with E-state index in [1.807, 2.05) is 60.1 Å². The number of carbonyl (C=O) groups is 1. The molecule has 0 aliphatic rings. The summed E-state index contributed by atoms with van der Waals surface area (Å²) in [6, 6.07) is 16.8. The first kappa shape index (κ1) is 15.6. The Balaban J connectivity index is 2.13. The molecule has 0 amide bonds. The normalized spacial score (nSPS) is 11.6. The molecule has 0 spiro atoms. The van der Waals surface area contributed by atoms with Gasteiger partial charge in [0.1, 0.15) is 5.58 Å². The largest absolute Gasteiger partial charge is 0.465 e. The lowest BCUT2D eigenvalue weighted by molar-refractivity contribution is 0.0603. The molecule has 2 aromatic heterocycles. The van der Waals surface area contributed by atoms with Crippen LogP contribution in [0.3, 0.4) is 0 Å². The molecule has 0 bridgehead atoms. The Kier molecular flexibility index (Phi) is 3.15. The maximum Gasteiger partial charge on any atom is 0.346 e. The maximum atomic E-state index is 12.9. The smallest absolute Gasteiger partial charge is 0.346 e. The molecule has 0 radical (unpaired) electrons. The second kappa shape index (κ2) is 5.45. The number of hydrogen-bond acceptors (Lipinski definition) is 4. The summed E-state index contributed by atoms with van der Waals surface area (Å²) in [7, 11) is 3.27. The fraction of sp³-hybridized carbons (Fsp3) is 0.0909. The number of hydrogen-bond donors (Lipinski definition) is 0. The van der Waals surface area contributed by atoms with Gasteiger partial charge in [-0.2, -0.15) is 0 Å². The molecule has 0 N–H and O–H groups in total. The molecule has 3 aromatic carbocycles. The van der Waals surface area contributed by atoms with Crippen molar-refractivity contribution in [3.63, 3.8) is 0 Å². The molecule has 0 aliphatic carbocycles. The second-order valence-corrected chi connectivity index (χ2v) is 6.53. The highest BCUT2D eigenvalue weighted by Crippen LogP contribution is 2.35. The van der Waals surface area contributed by atoms with Crippen LogP contribution in [0, 0.1) is 0 Å². The minimum atomic E-state index is -0.425. The van der Waals surface area contributed by atoms with Crippen molar-refractivity contribution in [3.05, 3.63) is 70.6 Å². The first-order chi connectivity index (χ1) is 13.1. The van der Waals surface area contributed by atoms with Crippen molar-refractivity contribution in [3.8, 4) is 0 Å². The summed E-state index contributed by atoms with van der Waals surface area (Å²) in [6.07, 6.45) is 0. The van der Waals surface area contributed by atoms with E-state index in [4.69, 9.17) is 9.15 Å². The van der Waals surface area contributed by atoms with Crippen molar-refractivity contribution in [2.24, 2.45) is 7.05 Å². The van der Waals surface area contributed by atoms with Gasteiger partial charge in [-0.15, -0.1) is 0 Å². The lowest BCUT2D eigenvalue weighted by Crippen LogP contribution is -2.05. The Morgan fingerprint density at radius 1 is 0.963 bits per heavy atom. The van der Waals surface area contributed by atoms with Gasteiger partial charge in [-0.05, 0) is 17.5 Å². The van der Waals surface area contributed by atoms with E-state index in [9.17, 15) is 9.59 Å². The Morgan fingerprint density at radius 2 is 1.63 bits per heavy atom. The highest BCUT2D eigenvalue weighted by molar-refractivity contribution is 6.22. The number of para-hydroxylation sites is 1. The van der Waals surface area contributed by atoms with Crippen molar-refractivity contribution in [2.45, 2.75) is 0 Å². The summed E-state index contributed by atoms with van der Waals surface area (Å²) in [6.45, 7) is 0. The average Bonchev–Trinajstić information content (AvgIpc) is 3.01. The Bertz CT molecular complexity index is 1460.